The van der Waals surface area contributed by atoms with Gasteiger partial charge < -0.3 is 35.6 Å². The first-order chi connectivity index (χ1) is 25.0. The molecule has 0 spiro atoms. The molecule has 4 atom stereocenters. The summed E-state index contributed by atoms with van der Waals surface area (Å²) in [5.41, 5.74) is -0.740. The predicted molar refractivity (Wildman–Crippen MR) is 198 cm³/mol. The molecule has 1 saturated carbocycles. The van der Waals surface area contributed by atoms with Crippen molar-refractivity contribution in [3.8, 4) is 17.3 Å². The van der Waals surface area contributed by atoms with E-state index in [0.29, 0.717) is 34.6 Å². The molecule has 1 saturated heterocycles. The molecule has 5 amide bonds. The highest BCUT2D eigenvalue weighted by Gasteiger charge is 2.47. The number of aromatic nitrogens is 3. The molecule has 5 rings (SSSR count). The van der Waals surface area contributed by atoms with E-state index in [1.807, 2.05) is 54.5 Å². The first-order valence-corrected chi connectivity index (χ1v) is 18.2. The van der Waals surface area contributed by atoms with Crippen LogP contribution in [0.3, 0.4) is 0 Å². The predicted octanol–water partition coefficient (Wildman–Crippen LogP) is 3.42. The first-order valence-electron chi connectivity index (χ1n) is 18.2. The van der Waals surface area contributed by atoms with Gasteiger partial charge in [0.1, 0.15) is 29.7 Å². The van der Waals surface area contributed by atoms with Crippen molar-refractivity contribution in [1.29, 1.82) is 0 Å². The molecule has 3 aromatic rings. The Kier molecular flexibility index (Phi) is 11.6. The molecule has 1 aliphatic carbocycles. The van der Waals surface area contributed by atoms with E-state index in [1.165, 1.54) is 4.90 Å². The minimum Gasteiger partial charge on any atom is -0.497 e. The normalized spacial score (nSPS) is 18.5. The van der Waals surface area contributed by atoms with E-state index >= 15 is 0 Å². The maximum atomic E-state index is 14.6. The zero-order valence-corrected chi connectivity index (χ0v) is 31.8. The summed E-state index contributed by atoms with van der Waals surface area (Å²) in [4.78, 5) is 74.0. The summed E-state index contributed by atoms with van der Waals surface area (Å²) in [5.74, 6) is -1.01. The second-order valence-electron chi connectivity index (χ2n) is 15.9. The van der Waals surface area contributed by atoms with Crippen molar-refractivity contribution < 1.29 is 33.4 Å². The second-order valence-corrected chi connectivity index (χ2v) is 15.9. The van der Waals surface area contributed by atoms with Crippen LogP contribution in [0, 0.1) is 5.41 Å². The zero-order chi connectivity index (χ0) is 38.7. The van der Waals surface area contributed by atoms with Crippen LogP contribution >= 0.6 is 0 Å². The summed E-state index contributed by atoms with van der Waals surface area (Å²) in [6.45, 7) is 12.8. The topological polar surface area (TPSA) is 186 Å². The van der Waals surface area contributed by atoms with Crippen LogP contribution in [0.15, 0.2) is 42.7 Å². The van der Waals surface area contributed by atoms with Crippen LogP contribution in [-0.2, 0) is 19.2 Å². The largest absolute Gasteiger partial charge is 0.497 e. The number of nitrogens with zero attached hydrogens (tertiary/aromatic N) is 4. The summed E-state index contributed by atoms with van der Waals surface area (Å²) in [6.07, 6.45) is 5.17. The molecule has 1 aromatic carbocycles. The number of ether oxygens (including phenoxy) is 2. The van der Waals surface area contributed by atoms with Gasteiger partial charge in [0.25, 0.3) is 5.91 Å². The number of carbonyl (C=O) groups is 5. The number of benzene rings is 1. The van der Waals surface area contributed by atoms with Gasteiger partial charge in [0.05, 0.1) is 25.2 Å². The van der Waals surface area contributed by atoms with Gasteiger partial charge in [-0.05, 0) is 63.6 Å². The van der Waals surface area contributed by atoms with Crippen molar-refractivity contribution in [1.82, 2.24) is 40.9 Å². The van der Waals surface area contributed by atoms with E-state index in [4.69, 9.17) is 14.5 Å². The number of hydrogen-bond donors (Lipinski definition) is 4. The first kappa shape index (κ1) is 39.0. The van der Waals surface area contributed by atoms with Crippen molar-refractivity contribution in [2.24, 2.45) is 5.41 Å². The molecule has 0 bridgehead atoms. The van der Waals surface area contributed by atoms with Crippen molar-refractivity contribution in [3.63, 3.8) is 0 Å². The van der Waals surface area contributed by atoms with Crippen LogP contribution in [-0.4, -0.2) is 98.7 Å². The lowest BCUT2D eigenvalue weighted by Gasteiger charge is -2.36. The number of likely N-dealkylation sites (tertiary alicyclic amines) is 1. The number of carbonyl (C=O) groups excluding carboxylic acids is 5. The highest BCUT2D eigenvalue weighted by atomic mass is 16.5. The summed E-state index contributed by atoms with van der Waals surface area (Å²) < 4.78 is 13.7. The Morgan fingerprint density at radius 1 is 1.02 bits per heavy atom. The van der Waals surface area contributed by atoms with Crippen LogP contribution in [0.5, 0.6) is 11.5 Å². The minimum atomic E-state index is -1.08. The van der Waals surface area contributed by atoms with Crippen LogP contribution in [0.25, 0.3) is 16.7 Å². The number of ketones is 1. The fourth-order valence-electron chi connectivity index (χ4n) is 6.25. The van der Waals surface area contributed by atoms with E-state index in [1.54, 1.807) is 48.5 Å². The number of amides is 5. The van der Waals surface area contributed by atoms with Crippen LogP contribution in [0.1, 0.15) is 80.6 Å². The van der Waals surface area contributed by atoms with Gasteiger partial charge in [-0.1, -0.05) is 34.1 Å². The molecular formula is C38H52N8O7. The van der Waals surface area contributed by atoms with Crippen molar-refractivity contribution in [3.05, 3.63) is 42.7 Å². The second kappa shape index (κ2) is 15.8. The molecule has 15 heteroatoms. The Morgan fingerprint density at radius 3 is 2.36 bits per heavy atom. The third-order valence-corrected chi connectivity index (χ3v) is 9.07. The van der Waals surface area contributed by atoms with Gasteiger partial charge in [0.15, 0.2) is 5.82 Å². The molecule has 15 nitrogen and oxygen atoms in total. The van der Waals surface area contributed by atoms with Crippen LogP contribution in [0.4, 0.5) is 4.79 Å². The van der Waals surface area contributed by atoms with E-state index in [-0.39, 0.29) is 25.4 Å². The van der Waals surface area contributed by atoms with Crippen LogP contribution < -0.4 is 30.7 Å². The number of rotatable bonds is 13. The average molecular weight is 733 g/mol. The number of hydrogen-bond acceptors (Lipinski definition) is 9. The summed E-state index contributed by atoms with van der Waals surface area (Å²) >= 11 is 0. The standard InChI is InChI=1S/C38H52N8O7/c1-9-11-26(31(47)34(49)40-22-12-13-22)42-33(48)28-19-24(21-45(28)35(50)32(37(2,3)4)43-36(51)44-38(5,6)7)53-29-20-30(46-17-10-16-39-46)41-27-18-23(52-8)14-15-25(27)29/h10,14-18,20,22,24,26,28,32H,9,11-13,19,21H2,1-8H3,(H,40,49)(H,42,48)(H2,43,44,51)/t24-,26+,28?,32?/m1/s1. The average Bonchev–Trinajstić information content (AvgIpc) is 3.53. The van der Waals surface area contributed by atoms with E-state index < -0.39 is 64.7 Å². The van der Waals surface area contributed by atoms with Gasteiger partial charge >= 0.3 is 6.03 Å². The Bertz CT molecular complexity index is 1830. The minimum absolute atomic E-state index is 0.00228. The summed E-state index contributed by atoms with van der Waals surface area (Å²) in [5, 5.41) is 16.2. The van der Waals surface area contributed by atoms with E-state index in [2.05, 4.69) is 26.4 Å². The summed E-state index contributed by atoms with van der Waals surface area (Å²) in [6, 6.07) is 5.17. The van der Waals surface area contributed by atoms with Gasteiger partial charge in [0.2, 0.25) is 17.6 Å². The molecule has 1 aliphatic heterocycles. The number of urea groups is 1. The zero-order valence-electron chi connectivity index (χ0n) is 31.8. The number of pyridine rings is 1. The Morgan fingerprint density at radius 2 is 1.75 bits per heavy atom. The number of Topliss-reactive ketones (excluding diaryl/α,β-unsaturated/α-hetero) is 1. The third-order valence-electron chi connectivity index (χ3n) is 9.07. The Hall–Kier alpha value is -5.21. The maximum Gasteiger partial charge on any atom is 0.315 e. The number of fused-ring (bicyclic) bond motifs is 1. The van der Waals surface area contributed by atoms with Crippen molar-refractivity contribution >= 4 is 40.4 Å². The van der Waals surface area contributed by atoms with Gasteiger partial charge in [0, 0.05) is 47.9 Å². The lowest BCUT2D eigenvalue weighted by Crippen LogP contribution is -2.61. The van der Waals surface area contributed by atoms with Gasteiger partial charge in [-0.15, -0.1) is 0 Å². The molecule has 2 unspecified atom stereocenters. The molecule has 286 valence electrons. The summed E-state index contributed by atoms with van der Waals surface area (Å²) in [7, 11) is 1.57. The lowest BCUT2D eigenvalue weighted by molar-refractivity contribution is -0.144. The highest BCUT2D eigenvalue weighted by Crippen LogP contribution is 2.34. The van der Waals surface area contributed by atoms with Crippen molar-refractivity contribution in [2.45, 2.75) is 116 Å². The van der Waals surface area contributed by atoms with Crippen LogP contribution in [0.2, 0.25) is 0 Å². The lowest BCUT2D eigenvalue weighted by atomic mass is 9.85. The molecule has 2 fully saturated rings. The number of methoxy groups -OCH3 is 1. The fourth-order valence-corrected chi connectivity index (χ4v) is 6.25. The molecule has 3 heterocycles. The van der Waals surface area contributed by atoms with Gasteiger partial charge in [-0.25, -0.2) is 14.5 Å². The third kappa shape index (κ3) is 9.82. The van der Waals surface area contributed by atoms with Crippen molar-refractivity contribution in [2.75, 3.05) is 13.7 Å². The maximum absolute atomic E-state index is 14.6. The van der Waals surface area contributed by atoms with Gasteiger partial charge in [-0.2, -0.15) is 5.10 Å². The van der Waals surface area contributed by atoms with Gasteiger partial charge in [-0.3, -0.25) is 19.2 Å². The number of nitrogens with one attached hydrogen (secondary N) is 4. The van der Waals surface area contributed by atoms with E-state index in [0.717, 1.165) is 12.8 Å². The SMILES string of the molecule is CCC[C@H](NC(=O)C1C[C@@H](Oc2cc(-n3cccn3)nc3cc(OC)ccc23)CN1C(=O)C(NC(=O)NC(C)(C)C)C(C)(C)C)C(=O)C(=O)NC1CC1. The molecular weight excluding hydrogens is 680 g/mol. The highest BCUT2D eigenvalue weighted by molar-refractivity contribution is 6.38. The monoisotopic (exact) mass is 732 g/mol. The van der Waals surface area contributed by atoms with E-state index in [9.17, 15) is 24.0 Å². The molecule has 53 heavy (non-hydrogen) atoms. The molecule has 2 aromatic heterocycles. The smallest absolute Gasteiger partial charge is 0.315 e. The molecule has 0 radical (unpaired) electrons. The molecule has 4 N–H and O–H groups in total. The molecule has 2 aliphatic rings. The Balaban J connectivity index is 1.48. The Labute approximate surface area is 309 Å². The quantitative estimate of drug-likeness (QED) is 0.191. The fraction of sp³-hybridized carbons (Fsp3) is 0.553.